The fourth-order valence-corrected chi connectivity index (χ4v) is 2.12. The maximum atomic E-state index is 13.2. The number of carbonyl (C=O) groups is 2. The molecule has 0 bridgehead atoms. The first-order chi connectivity index (χ1) is 10.5. The standard InChI is InChI=1S/C14H11ClF2N2O3/c1-2-22-14(21)12-11(7-20)13(15)19(18-12)6-8-3-9(16)5-10(17)4-8/h3-5,7H,2,6H2,1H3. The van der Waals surface area contributed by atoms with Crippen molar-refractivity contribution in [3.8, 4) is 0 Å². The molecule has 5 nitrogen and oxygen atoms in total. The van der Waals surface area contributed by atoms with Gasteiger partial charge in [-0.2, -0.15) is 5.10 Å². The number of esters is 1. The molecule has 0 radical (unpaired) electrons. The third-order valence-electron chi connectivity index (χ3n) is 2.77. The number of carbonyl (C=O) groups excluding carboxylic acids is 2. The quantitative estimate of drug-likeness (QED) is 0.625. The van der Waals surface area contributed by atoms with E-state index in [2.05, 4.69) is 5.10 Å². The van der Waals surface area contributed by atoms with Crippen LogP contribution in [0.5, 0.6) is 0 Å². The Morgan fingerprint density at radius 3 is 2.55 bits per heavy atom. The molecule has 1 heterocycles. The summed E-state index contributed by atoms with van der Waals surface area (Å²) in [5, 5.41) is 3.78. The summed E-state index contributed by atoms with van der Waals surface area (Å²) in [4.78, 5) is 22.8. The first-order valence-corrected chi connectivity index (χ1v) is 6.67. The van der Waals surface area contributed by atoms with Gasteiger partial charge in [0.1, 0.15) is 16.8 Å². The van der Waals surface area contributed by atoms with E-state index in [-0.39, 0.29) is 35.1 Å². The van der Waals surface area contributed by atoms with Gasteiger partial charge in [0.05, 0.1) is 18.7 Å². The van der Waals surface area contributed by atoms with Gasteiger partial charge in [0, 0.05) is 6.07 Å². The lowest BCUT2D eigenvalue weighted by molar-refractivity contribution is 0.0516. The molecule has 2 rings (SSSR count). The highest BCUT2D eigenvalue weighted by molar-refractivity contribution is 6.32. The Morgan fingerprint density at radius 2 is 2.00 bits per heavy atom. The van der Waals surface area contributed by atoms with Gasteiger partial charge >= 0.3 is 5.97 Å². The Morgan fingerprint density at radius 1 is 1.36 bits per heavy atom. The molecule has 0 unspecified atom stereocenters. The molecule has 0 saturated heterocycles. The lowest BCUT2D eigenvalue weighted by Gasteiger charge is -2.04. The summed E-state index contributed by atoms with van der Waals surface area (Å²) in [5.74, 6) is -2.30. The lowest BCUT2D eigenvalue weighted by atomic mass is 10.2. The van der Waals surface area contributed by atoms with Crippen molar-refractivity contribution < 1.29 is 23.1 Å². The van der Waals surface area contributed by atoms with Crippen molar-refractivity contribution in [2.24, 2.45) is 0 Å². The van der Waals surface area contributed by atoms with Crippen LogP contribution >= 0.6 is 11.6 Å². The van der Waals surface area contributed by atoms with Gasteiger partial charge in [-0.05, 0) is 24.6 Å². The molecule has 8 heteroatoms. The van der Waals surface area contributed by atoms with Crippen molar-refractivity contribution in [3.63, 3.8) is 0 Å². The second kappa shape index (κ2) is 6.65. The third kappa shape index (κ3) is 3.30. The van der Waals surface area contributed by atoms with Crippen LogP contribution in [0.3, 0.4) is 0 Å². The van der Waals surface area contributed by atoms with Gasteiger partial charge < -0.3 is 4.74 Å². The molecule has 116 valence electrons. The number of benzene rings is 1. The summed E-state index contributed by atoms with van der Waals surface area (Å²) in [6.45, 7) is 1.61. The van der Waals surface area contributed by atoms with Crippen LogP contribution < -0.4 is 0 Å². The fraction of sp³-hybridized carbons (Fsp3) is 0.214. The van der Waals surface area contributed by atoms with Crippen LogP contribution in [0.25, 0.3) is 0 Å². The average molecular weight is 329 g/mol. The second-order valence-corrected chi connectivity index (χ2v) is 4.68. The molecule has 1 aromatic carbocycles. The van der Waals surface area contributed by atoms with Crippen molar-refractivity contribution in [1.82, 2.24) is 9.78 Å². The zero-order valence-corrected chi connectivity index (χ0v) is 12.2. The number of ether oxygens (including phenoxy) is 1. The second-order valence-electron chi connectivity index (χ2n) is 4.33. The van der Waals surface area contributed by atoms with Crippen LogP contribution in [0.2, 0.25) is 5.15 Å². The van der Waals surface area contributed by atoms with Gasteiger partial charge in [-0.1, -0.05) is 11.6 Å². The smallest absolute Gasteiger partial charge is 0.359 e. The predicted molar refractivity (Wildman–Crippen MR) is 74.0 cm³/mol. The zero-order valence-electron chi connectivity index (χ0n) is 11.5. The maximum absolute atomic E-state index is 13.2. The van der Waals surface area contributed by atoms with E-state index < -0.39 is 17.6 Å². The minimum atomic E-state index is -0.796. The largest absolute Gasteiger partial charge is 0.461 e. The monoisotopic (exact) mass is 328 g/mol. The van der Waals surface area contributed by atoms with Crippen molar-refractivity contribution in [2.75, 3.05) is 6.61 Å². The molecule has 0 aliphatic carbocycles. The number of aldehydes is 1. The van der Waals surface area contributed by atoms with E-state index in [1.165, 1.54) is 0 Å². The first kappa shape index (κ1) is 16.1. The molecule has 0 N–H and O–H groups in total. The predicted octanol–water partition coefficient (Wildman–Crippen LogP) is 2.85. The number of rotatable bonds is 5. The van der Waals surface area contributed by atoms with Gasteiger partial charge in [0.15, 0.2) is 12.0 Å². The Bertz CT molecular complexity index is 711. The Labute approximate surface area is 129 Å². The molecule has 22 heavy (non-hydrogen) atoms. The van der Waals surface area contributed by atoms with Gasteiger partial charge in [0.25, 0.3) is 0 Å². The number of hydrogen-bond donors (Lipinski definition) is 0. The van der Waals surface area contributed by atoms with E-state index in [4.69, 9.17) is 16.3 Å². The molecule has 0 spiro atoms. The molecule has 1 aromatic heterocycles. The SMILES string of the molecule is CCOC(=O)c1nn(Cc2cc(F)cc(F)c2)c(Cl)c1C=O. The van der Waals surface area contributed by atoms with Crippen LogP contribution in [0.15, 0.2) is 18.2 Å². The third-order valence-corrected chi connectivity index (χ3v) is 3.16. The summed E-state index contributed by atoms with van der Waals surface area (Å²) in [6, 6.07) is 2.94. The van der Waals surface area contributed by atoms with Gasteiger partial charge in [-0.25, -0.2) is 18.3 Å². The maximum Gasteiger partial charge on any atom is 0.359 e. The molecular weight excluding hydrogens is 318 g/mol. The van der Waals surface area contributed by atoms with Crippen molar-refractivity contribution >= 4 is 23.9 Å². The summed E-state index contributed by atoms with van der Waals surface area (Å²) in [5.41, 5.74) is -0.120. The highest BCUT2D eigenvalue weighted by atomic mass is 35.5. The van der Waals surface area contributed by atoms with Crippen molar-refractivity contribution in [3.05, 3.63) is 51.8 Å². The molecule has 0 saturated carbocycles. The van der Waals surface area contributed by atoms with Crippen LogP contribution in [0.4, 0.5) is 8.78 Å². The minimum Gasteiger partial charge on any atom is -0.461 e. The van der Waals surface area contributed by atoms with Gasteiger partial charge in [-0.3, -0.25) is 4.79 Å². The molecule has 0 amide bonds. The molecule has 0 aliphatic heterocycles. The van der Waals surface area contributed by atoms with Gasteiger partial charge in [0.2, 0.25) is 0 Å². The minimum absolute atomic E-state index is 0.103. The summed E-state index contributed by atoms with van der Waals surface area (Å²) < 4.78 is 32.2. The van der Waals surface area contributed by atoms with Crippen molar-refractivity contribution in [2.45, 2.75) is 13.5 Å². The molecule has 0 fully saturated rings. The van der Waals surface area contributed by atoms with Crippen LogP contribution in [0, 0.1) is 11.6 Å². The number of aromatic nitrogens is 2. The molecule has 0 atom stereocenters. The van der Waals surface area contributed by atoms with E-state index in [1.807, 2.05) is 0 Å². The van der Waals surface area contributed by atoms with Crippen LogP contribution in [-0.2, 0) is 11.3 Å². The number of halogens is 3. The van der Waals surface area contributed by atoms with E-state index in [1.54, 1.807) is 6.92 Å². The van der Waals surface area contributed by atoms with E-state index >= 15 is 0 Å². The highest BCUT2D eigenvalue weighted by Gasteiger charge is 2.23. The fourth-order valence-electron chi connectivity index (χ4n) is 1.89. The topological polar surface area (TPSA) is 61.2 Å². The number of nitrogens with zero attached hydrogens (tertiary/aromatic N) is 2. The number of hydrogen-bond acceptors (Lipinski definition) is 4. The molecule has 0 aliphatic rings. The van der Waals surface area contributed by atoms with Gasteiger partial charge in [-0.15, -0.1) is 0 Å². The van der Waals surface area contributed by atoms with E-state index in [0.717, 1.165) is 22.9 Å². The highest BCUT2D eigenvalue weighted by Crippen LogP contribution is 2.21. The van der Waals surface area contributed by atoms with Crippen LogP contribution in [-0.4, -0.2) is 28.6 Å². The lowest BCUT2D eigenvalue weighted by Crippen LogP contribution is -2.09. The Hall–Kier alpha value is -2.28. The Balaban J connectivity index is 2.39. The average Bonchev–Trinajstić information content (AvgIpc) is 2.74. The van der Waals surface area contributed by atoms with Crippen molar-refractivity contribution in [1.29, 1.82) is 0 Å². The summed E-state index contributed by atoms with van der Waals surface area (Å²) in [6.07, 6.45) is 0.379. The molecular formula is C14H11ClF2N2O3. The first-order valence-electron chi connectivity index (χ1n) is 6.29. The van der Waals surface area contributed by atoms with Crippen LogP contribution in [0.1, 0.15) is 33.3 Å². The summed E-state index contributed by atoms with van der Waals surface area (Å²) in [7, 11) is 0. The molecule has 2 aromatic rings. The van der Waals surface area contributed by atoms with E-state index in [9.17, 15) is 18.4 Å². The van der Waals surface area contributed by atoms with E-state index in [0.29, 0.717) is 6.29 Å². The zero-order chi connectivity index (χ0) is 16.3. The summed E-state index contributed by atoms with van der Waals surface area (Å²) >= 11 is 5.98. The Kier molecular flexibility index (Phi) is 4.87. The normalized spacial score (nSPS) is 10.5.